The number of sulfone groups is 1. The van der Waals surface area contributed by atoms with E-state index in [-0.39, 0.29) is 22.8 Å². The summed E-state index contributed by atoms with van der Waals surface area (Å²) in [5, 5.41) is -0.898. The summed E-state index contributed by atoms with van der Waals surface area (Å²) in [6.45, 7) is -2.14. The Morgan fingerprint density at radius 2 is 1.66 bits per heavy atom. The van der Waals surface area contributed by atoms with Gasteiger partial charge in [-0.2, -0.15) is 0 Å². The van der Waals surface area contributed by atoms with Crippen LogP contribution in [0.1, 0.15) is 19.3 Å². The van der Waals surface area contributed by atoms with Crippen molar-refractivity contribution in [2.75, 3.05) is 31.1 Å². The number of likely N-dealkylation sites (tertiary alicyclic amines) is 1. The summed E-state index contributed by atoms with van der Waals surface area (Å²) in [4.78, 5) is 14.7. The number of carbonyl (C=O) groups excluding carboxylic acids is 1. The summed E-state index contributed by atoms with van der Waals surface area (Å²) in [5.74, 6) is -6.67. The molecular formula is C18H19ClF4N2O3S. The molecule has 0 unspecified atom stereocenters. The van der Waals surface area contributed by atoms with E-state index in [0.29, 0.717) is 12.1 Å². The summed E-state index contributed by atoms with van der Waals surface area (Å²) >= 11 is 6.15. The molecule has 1 aromatic carbocycles. The molecule has 0 radical (unpaired) electrons. The van der Waals surface area contributed by atoms with Crippen LogP contribution in [0.3, 0.4) is 0 Å². The Morgan fingerprint density at radius 3 is 2.21 bits per heavy atom. The summed E-state index contributed by atoms with van der Waals surface area (Å²) < 4.78 is 78.0. The first-order valence-corrected chi connectivity index (χ1v) is 11.1. The highest BCUT2D eigenvalue weighted by atomic mass is 35.5. The molecule has 2 atom stereocenters. The van der Waals surface area contributed by atoms with Gasteiger partial charge in [0, 0.05) is 11.6 Å². The van der Waals surface area contributed by atoms with Gasteiger partial charge in [0.2, 0.25) is 5.91 Å². The van der Waals surface area contributed by atoms with Gasteiger partial charge < -0.3 is 9.80 Å². The largest absolute Gasteiger partial charge is 0.359 e. The van der Waals surface area contributed by atoms with Gasteiger partial charge in [0.05, 0.1) is 41.3 Å². The second-order valence-electron chi connectivity index (χ2n) is 8.05. The van der Waals surface area contributed by atoms with Crippen molar-refractivity contribution in [3.05, 3.63) is 23.2 Å². The highest BCUT2D eigenvalue weighted by Crippen LogP contribution is 2.40. The number of amides is 1. The molecule has 1 amide bonds. The fourth-order valence-corrected chi connectivity index (χ4v) is 6.54. The van der Waals surface area contributed by atoms with Gasteiger partial charge in [0.1, 0.15) is 0 Å². The van der Waals surface area contributed by atoms with Crippen molar-refractivity contribution in [1.29, 1.82) is 0 Å². The Bertz CT molecular complexity index is 940. The van der Waals surface area contributed by atoms with Crippen LogP contribution in [0.25, 0.3) is 0 Å². The predicted octanol–water partition coefficient (Wildman–Crippen LogP) is 3.22. The molecule has 29 heavy (non-hydrogen) atoms. The van der Waals surface area contributed by atoms with Gasteiger partial charge in [0.15, 0.2) is 9.84 Å². The Labute approximate surface area is 170 Å². The van der Waals surface area contributed by atoms with E-state index in [0.717, 1.165) is 4.90 Å². The molecule has 1 saturated carbocycles. The van der Waals surface area contributed by atoms with Gasteiger partial charge in [-0.25, -0.2) is 26.0 Å². The fraction of sp³-hybridized carbons (Fsp3) is 0.611. The zero-order valence-corrected chi connectivity index (χ0v) is 16.8. The minimum Gasteiger partial charge on any atom is -0.359 e. The highest BCUT2D eigenvalue weighted by molar-refractivity contribution is 7.92. The Kier molecular flexibility index (Phi) is 4.81. The minimum absolute atomic E-state index is 0.0552. The molecule has 0 spiro atoms. The number of anilines is 1. The Hall–Kier alpha value is -1.55. The van der Waals surface area contributed by atoms with Crippen LogP contribution in [0, 0.1) is 5.92 Å². The van der Waals surface area contributed by atoms with Crippen LogP contribution >= 0.6 is 11.6 Å². The van der Waals surface area contributed by atoms with Crippen molar-refractivity contribution in [2.45, 2.75) is 41.3 Å². The number of halogens is 5. The molecule has 0 bridgehead atoms. The molecule has 2 heterocycles. The maximum Gasteiger partial charge on any atom is 0.282 e. The number of alkyl halides is 4. The van der Waals surface area contributed by atoms with E-state index in [1.807, 2.05) is 0 Å². The number of hydrogen-bond acceptors (Lipinski definition) is 4. The van der Waals surface area contributed by atoms with Gasteiger partial charge in [0.25, 0.3) is 11.8 Å². The number of benzene rings is 1. The molecule has 2 saturated heterocycles. The predicted molar refractivity (Wildman–Crippen MR) is 98.5 cm³/mol. The summed E-state index contributed by atoms with van der Waals surface area (Å²) in [6, 6.07) is 4.09. The van der Waals surface area contributed by atoms with E-state index >= 15 is 0 Å². The lowest BCUT2D eigenvalue weighted by Crippen LogP contribution is -2.59. The van der Waals surface area contributed by atoms with Crippen LogP contribution in [0.15, 0.2) is 23.1 Å². The molecule has 4 rings (SSSR count). The standard InChI is InChI=1S/C18H19ClF4N2O3S/c19-14-6-12(24-7-17(20,21)8-24)2-4-15(14)29(27,28)13-3-1-11(5-13)16(26)25-9-18(22,23)10-25/h2,4,6,11,13H,1,3,5,7-10H2/t11-,13-/m1/s1. The topological polar surface area (TPSA) is 57.7 Å². The Morgan fingerprint density at radius 1 is 1.03 bits per heavy atom. The normalized spacial score (nSPS) is 28.0. The van der Waals surface area contributed by atoms with Gasteiger partial charge >= 0.3 is 0 Å². The molecule has 5 nitrogen and oxygen atoms in total. The third kappa shape index (κ3) is 3.81. The van der Waals surface area contributed by atoms with E-state index in [2.05, 4.69) is 0 Å². The van der Waals surface area contributed by atoms with Crippen LogP contribution in [0.4, 0.5) is 23.2 Å². The lowest BCUT2D eigenvalue weighted by atomic mass is 10.0. The van der Waals surface area contributed by atoms with Gasteiger partial charge in [-0.05, 0) is 37.5 Å². The molecule has 1 aromatic rings. The number of nitrogens with zero attached hydrogens (tertiary/aromatic N) is 2. The third-order valence-electron chi connectivity index (χ3n) is 5.76. The third-order valence-corrected chi connectivity index (χ3v) is 8.46. The number of rotatable bonds is 4. The minimum atomic E-state index is -3.84. The first-order valence-electron chi connectivity index (χ1n) is 9.21. The van der Waals surface area contributed by atoms with E-state index in [4.69, 9.17) is 11.6 Å². The second kappa shape index (κ2) is 6.73. The van der Waals surface area contributed by atoms with Crippen LogP contribution in [-0.2, 0) is 14.6 Å². The smallest absolute Gasteiger partial charge is 0.282 e. The first-order chi connectivity index (χ1) is 13.4. The van der Waals surface area contributed by atoms with Gasteiger partial charge in [-0.1, -0.05) is 11.6 Å². The van der Waals surface area contributed by atoms with Gasteiger partial charge in [-0.15, -0.1) is 0 Å². The molecule has 3 aliphatic rings. The summed E-state index contributed by atoms with van der Waals surface area (Å²) in [7, 11) is -3.84. The van der Waals surface area contributed by atoms with E-state index in [9.17, 15) is 30.8 Å². The average molecular weight is 455 g/mol. The molecule has 160 valence electrons. The van der Waals surface area contributed by atoms with Gasteiger partial charge in [-0.3, -0.25) is 4.79 Å². The zero-order chi connectivity index (χ0) is 21.2. The van der Waals surface area contributed by atoms with Crippen LogP contribution in [0.2, 0.25) is 5.02 Å². The van der Waals surface area contributed by atoms with E-state index in [1.165, 1.54) is 23.1 Å². The van der Waals surface area contributed by atoms with Crippen LogP contribution in [-0.4, -0.2) is 62.5 Å². The van der Waals surface area contributed by atoms with Crippen molar-refractivity contribution >= 4 is 33.0 Å². The maximum atomic E-state index is 13.0. The van der Waals surface area contributed by atoms with Crippen molar-refractivity contribution in [3.8, 4) is 0 Å². The first kappa shape index (κ1) is 20.7. The fourth-order valence-electron chi connectivity index (χ4n) is 4.16. The number of hydrogen-bond donors (Lipinski definition) is 0. The van der Waals surface area contributed by atoms with Crippen molar-refractivity contribution in [3.63, 3.8) is 0 Å². The molecule has 0 N–H and O–H groups in total. The summed E-state index contributed by atoms with van der Waals surface area (Å²) in [6.07, 6.45) is 0.600. The summed E-state index contributed by atoms with van der Waals surface area (Å²) in [5.41, 5.74) is 0.415. The lowest BCUT2D eigenvalue weighted by molar-refractivity contribution is -0.169. The van der Waals surface area contributed by atoms with Crippen molar-refractivity contribution in [2.24, 2.45) is 5.92 Å². The quantitative estimate of drug-likeness (QED) is 0.656. The zero-order valence-electron chi connectivity index (χ0n) is 15.3. The monoisotopic (exact) mass is 454 g/mol. The maximum absolute atomic E-state index is 13.0. The van der Waals surface area contributed by atoms with E-state index in [1.54, 1.807) is 0 Å². The molecule has 2 aliphatic heterocycles. The molecular weight excluding hydrogens is 436 g/mol. The average Bonchev–Trinajstić information content (AvgIpc) is 3.07. The van der Waals surface area contributed by atoms with Crippen LogP contribution < -0.4 is 4.90 Å². The molecule has 3 fully saturated rings. The lowest BCUT2D eigenvalue weighted by Gasteiger charge is -2.40. The van der Waals surface area contributed by atoms with Crippen molar-refractivity contribution < 1.29 is 30.8 Å². The molecule has 11 heteroatoms. The highest BCUT2D eigenvalue weighted by Gasteiger charge is 2.49. The molecule has 1 aliphatic carbocycles. The molecule has 0 aromatic heterocycles. The number of carbonyl (C=O) groups is 1. The second-order valence-corrected chi connectivity index (χ2v) is 10.7. The SMILES string of the molecule is O=C([C@@H]1CC[C@@H](S(=O)(=O)c2ccc(N3CC(F)(F)C3)cc2Cl)C1)N1CC(F)(F)C1. The van der Waals surface area contributed by atoms with E-state index < -0.39 is 64.9 Å². The Balaban J connectivity index is 1.44. The van der Waals surface area contributed by atoms with Crippen molar-refractivity contribution in [1.82, 2.24) is 4.90 Å². The van der Waals surface area contributed by atoms with Crippen LogP contribution in [0.5, 0.6) is 0 Å².